The molecule has 0 spiro atoms. The molecule has 0 radical (unpaired) electrons. The lowest BCUT2D eigenvalue weighted by molar-refractivity contribution is -0.137. The SMILES string of the molecule is C=CS(=O)(=O)NC[C@H]1CCN(C(=O)c2ccc3c(CC4CCCNC4)cnc(NCc4ccc(C(F)(F)F)cc4)c3c2)C1. The van der Waals surface area contributed by atoms with Crippen LogP contribution >= 0.6 is 0 Å². The number of halogens is 3. The van der Waals surface area contributed by atoms with E-state index < -0.39 is 21.8 Å². The summed E-state index contributed by atoms with van der Waals surface area (Å²) < 4.78 is 64.9. The largest absolute Gasteiger partial charge is 0.416 e. The van der Waals surface area contributed by atoms with Crippen molar-refractivity contribution in [1.82, 2.24) is 19.9 Å². The molecular weight excluding hydrogens is 579 g/mol. The third-order valence-corrected chi connectivity index (χ3v) is 9.24. The van der Waals surface area contributed by atoms with Crippen LogP contribution in [0.1, 0.15) is 46.3 Å². The molecule has 1 aromatic heterocycles. The number of pyridine rings is 1. The Morgan fingerprint density at radius 3 is 2.60 bits per heavy atom. The molecule has 1 unspecified atom stereocenters. The minimum absolute atomic E-state index is 0.00235. The van der Waals surface area contributed by atoms with E-state index in [0.29, 0.717) is 42.4 Å². The molecule has 0 bridgehead atoms. The van der Waals surface area contributed by atoms with Crippen LogP contribution < -0.4 is 15.4 Å². The van der Waals surface area contributed by atoms with Crippen LogP contribution in [0.4, 0.5) is 19.0 Å². The molecule has 3 heterocycles. The number of nitrogens with one attached hydrogen (secondary N) is 3. The highest BCUT2D eigenvalue weighted by Crippen LogP contribution is 2.31. The lowest BCUT2D eigenvalue weighted by Gasteiger charge is -2.23. The number of piperidine rings is 1. The third-order valence-electron chi connectivity index (χ3n) is 8.23. The van der Waals surface area contributed by atoms with E-state index in [1.165, 1.54) is 12.1 Å². The first-order chi connectivity index (χ1) is 20.5. The van der Waals surface area contributed by atoms with Crippen molar-refractivity contribution in [2.75, 3.05) is 38.0 Å². The standard InChI is InChI=1S/C31H36F3N5O3S/c1-2-43(41,42)38-18-23-11-13-39(20-23)30(40)24-7-10-27-25(14-22-4-3-12-35-16-22)19-37-29(28(27)15-24)36-17-21-5-8-26(9-6-21)31(32,33)34/h2,5-10,15,19,22-23,35,38H,1,3-4,11-14,16-18,20H2,(H,36,37)/t22?,23-/m1/s1. The summed E-state index contributed by atoms with van der Waals surface area (Å²) in [4.78, 5) is 20.0. The van der Waals surface area contributed by atoms with Gasteiger partial charge in [0.05, 0.1) is 5.56 Å². The molecule has 2 aliphatic heterocycles. The van der Waals surface area contributed by atoms with Crippen LogP contribution in [-0.2, 0) is 29.2 Å². The summed E-state index contributed by atoms with van der Waals surface area (Å²) in [7, 11) is -3.53. The van der Waals surface area contributed by atoms with E-state index in [0.717, 1.165) is 66.2 Å². The summed E-state index contributed by atoms with van der Waals surface area (Å²) in [5, 5.41) is 9.34. The molecule has 43 heavy (non-hydrogen) atoms. The van der Waals surface area contributed by atoms with E-state index in [2.05, 4.69) is 21.9 Å². The summed E-state index contributed by atoms with van der Waals surface area (Å²) >= 11 is 0. The number of benzene rings is 2. The Bertz CT molecular complexity index is 1570. The maximum atomic E-state index is 13.5. The van der Waals surface area contributed by atoms with E-state index in [9.17, 15) is 26.4 Å². The first kappa shape index (κ1) is 31.0. The normalized spacial score (nSPS) is 19.5. The van der Waals surface area contributed by atoms with Gasteiger partial charge in [0.2, 0.25) is 10.0 Å². The van der Waals surface area contributed by atoms with E-state index >= 15 is 0 Å². The van der Waals surface area contributed by atoms with Crippen molar-refractivity contribution in [3.63, 3.8) is 0 Å². The number of nitrogens with zero attached hydrogens (tertiary/aromatic N) is 2. The summed E-state index contributed by atoms with van der Waals surface area (Å²) in [6.45, 7) is 6.71. The highest BCUT2D eigenvalue weighted by Gasteiger charge is 2.30. The van der Waals surface area contributed by atoms with Crippen molar-refractivity contribution in [2.24, 2.45) is 11.8 Å². The van der Waals surface area contributed by atoms with Gasteiger partial charge in [-0.3, -0.25) is 4.79 Å². The van der Waals surface area contributed by atoms with E-state index in [4.69, 9.17) is 4.98 Å². The molecule has 0 aliphatic carbocycles. The zero-order valence-corrected chi connectivity index (χ0v) is 24.6. The van der Waals surface area contributed by atoms with Gasteiger partial charge in [-0.2, -0.15) is 13.2 Å². The Kier molecular flexibility index (Phi) is 9.38. The first-order valence-electron chi connectivity index (χ1n) is 14.5. The van der Waals surface area contributed by atoms with Crippen LogP contribution in [0, 0.1) is 11.8 Å². The molecule has 8 nitrogen and oxygen atoms in total. The van der Waals surface area contributed by atoms with Gasteiger partial charge in [-0.25, -0.2) is 18.1 Å². The Morgan fingerprint density at radius 2 is 1.91 bits per heavy atom. The average Bonchev–Trinajstić information content (AvgIpc) is 3.49. The zero-order chi connectivity index (χ0) is 30.6. The summed E-state index contributed by atoms with van der Waals surface area (Å²) in [5.74, 6) is 0.878. The molecule has 230 valence electrons. The van der Waals surface area contributed by atoms with Gasteiger partial charge in [-0.15, -0.1) is 0 Å². The predicted molar refractivity (Wildman–Crippen MR) is 161 cm³/mol. The van der Waals surface area contributed by atoms with Gasteiger partial charge in [0.15, 0.2) is 0 Å². The molecule has 0 saturated carbocycles. The minimum Gasteiger partial charge on any atom is -0.365 e. The van der Waals surface area contributed by atoms with Gasteiger partial charge in [0.25, 0.3) is 5.91 Å². The first-order valence-corrected chi connectivity index (χ1v) is 16.0. The monoisotopic (exact) mass is 615 g/mol. The highest BCUT2D eigenvalue weighted by atomic mass is 32.2. The van der Waals surface area contributed by atoms with Crippen molar-refractivity contribution in [2.45, 2.75) is 38.4 Å². The van der Waals surface area contributed by atoms with Crippen LogP contribution in [0.2, 0.25) is 0 Å². The Balaban J connectivity index is 1.37. The molecule has 2 aliphatic rings. The van der Waals surface area contributed by atoms with Crippen LogP contribution in [-0.4, -0.2) is 56.9 Å². The number of carbonyl (C=O) groups is 1. The van der Waals surface area contributed by atoms with Crippen molar-refractivity contribution >= 4 is 32.5 Å². The number of carbonyl (C=O) groups excluding carboxylic acids is 1. The van der Waals surface area contributed by atoms with Crippen molar-refractivity contribution in [1.29, 1.82) is 0 Å². The highest BCUT2D eigenvalue weighted by molar-refractivity contribution is 7.92. The van der Waals surface area contributed by atoms with E-state index in [1.54, 1.807) is 4.90 Å². The lowest BCUT2D eigenvalue weighted by Crippen LogP contribution is -2.32. The molecule has 3 N–H and O–H groups in total. The predicted octanol–water partition coefficient (Wildman–Crippen LogP) is 4.93. The van der Waals surface area contributed by atoms with Crippen LogP contribution in [0.15, 0.2) is 60.6 Å². The number of hydrogen-bond donors (Lipinski definition) is 3. The van der Waals surface area contributed by atoms with Gasteiger partial charge in [0.1, 0.15) is 5.82 Å². The number of fused-ring (bicyclic) bond motifs is 1. The number of likely N-dealkylation sites (tertiary alicyclic amines) is 1. The Morgan fingerprint density at radius 1 is 1.12 bits per heavy atom. The molecule has 2 saturated heterocycles. The Hall–Kier alpha value is -3.48. The van der Waals surface area contributed by atoms with Crippen LogP contribution in [0.3, 0.4) is 0 Å². The van der Waals surface area contributed by atoms with Gasteiger partial charge < -0.3 is 15.5 Å². The smallest absolute Gasteiger partial charge is 0.365 e. The number of sulfonamides is 1. The van der Waals surface area contributed by atoms with E-state index in [-0.39, 0.29) is 24.9 Å². The number of hydrogen-bond acceptors (Lipinski definition) is 6. The van der Waals surface area contributed by atoms with Crippen LogP contribution in [0.25, 0.3) is 10.8 Å². The zero-order valence-electron chi connectivity index (χ0n) is 23.8. The molecule has 3 aromatic rings. The van der Waals surface area contributed by atoms with Crippen molar-refractivity contribution in [3.05, 3.63) is 82.9 Å². The third kappa shape index (κ3) is 7.73. The maximum absolute atomic E-state index is 13.5. The molecule has 5 rings (SSSR count). The lowest BCUT2D eigenvalue weighted by atomic mass is 9.90. The fraction of sp³-hybridized carbons (Fsp3) is 0.419. The summed E-state index contributed by atoms with van der Waals surface area (Å²) in [6.07, 6.45) is 1.22. The van der Waals surface area contributed by atoms with Gasteiger partial charge in [-0.1, -0.05) is 24.8 Å². The fourth-order valence-corrected chi connectivity index (χ4v) is 6.39. The fourth-order valence-electron chi connectivity index (χ4n) is 5.80. The maximum Gasteiger partial charge on any atom is 0.416 e. The molecule has 1 amide bonds. The average molecular weight is 616 g/mol. The number of alkyl halides is 3. The Labute approximate surface area is 249 Å². The topological polar surface area (TPSA) is 103 Å². The van der Waals surface area contributed by atoms with Crippen molar-refractivity contribution < 1.29 is 26.4 Å². The molecule has 2 atom stereocenters. The van der Waals surface area contributed by atoms with Gasteiger partial charge in [-0.05, 0) is 91.4 Å². The number of amides is 1. The molecule has 12 heteroatoms. The second kappa shape index (κ2) is 13.0. The molecule has 2 aromatic carbocycles. The summed E-state index contributed by atoms with van der Waals surface area (Å²) in [6, 6.07) is 10.6. The number of anilines is 1. The number of aromatic nitrogens is 1. The quantitative estimate of drug-likeness (QED) is 0.299. The second-order valence-electron chi connectivity index (χ2n) is 11.3. The van der Waals surface area contributed by atoms with Gasteiger partial charge in [0, 0.05) is 48.7 Å². The molecule has 2 fully saturated rings. The second-order valence-corrected chi connectivity index (χ2v) is 13.0. The van der Waals surface area contributed by atoms with Crippen molar-refractivity contribution in [3.8, 4) is 0 Å². The number of rotatable bonds is 10. The van der Waals surface area contributed by atoms with Crippen LogP contribution in [0.5, 0.6) is 0 Å². The minimum atomic E-state index is -4.40. The van der Waals surface area contributed by atoms with E-state index in [1.807, 2.05) is 24.4 Å². The van der Waals surface area contributed by atoms with Gasteiger partial charge >= 0.3 is 6.18 Å². The molecular formula is C31H36F3N5O3S. The summed E-state index contributed by atoms with van der Waals surface area (Å²) in [5.41, 5.74) is 1.55.